The molecule has 16 nitrogen and oxygen atoms in total. The zero-order valence-corrected chi connectivity index (χ0v) is 43.5. The molecule has 5 heterocycles. The van der Waals surface area contributed by atoms with E-state index < -0.39 is 41.5 Å². The number of nitrogens with zero attached hydrogens (tertiary/aromatic N) is 6. The van der Waals surface area contributed by atoms with Crippen molar-refractivity contribution >= 4 is 63.6 Å². The maximum Gasteiger partial charge on any atom is 0.246 e. The fourth-order valence-corrected chi connectivity index (χ4v) is 11.0. The maximum absolute atomic E-state index is 14.2. The number of fused-ring (bicyclic) bond motifs is 3. The predicted octanol–water partition coefficient (Wildman–Crippen LogP) is 7.31. The standard InChI is InChI=1S/C51H64ClN9O7S2/c1-9-11-38(33-12-14-35(15-13-33)45-30(3)54-28-69-45)56-48(65)40-24-37(62)26-60(40)49(66)46(51(6,7)8)57-42(64)27-68-22-10-21-67-23-20-53-41(63)25-39-47-59-58-32(5)61(47)50-43(29(2)31(4)70-50)44(55-39)34-16-18-36(52)19-17-34/h12-19,28,37-40,46,62H,9-11,20-27H2,1-8H3,(H,53,63)(H,56,65)(H,57,64)/t37-,38+,39?,40+,46-/m1/s1. The Balaban J connectivity index is 0.852. The van der Waals surface area contributed by atoms with Gasteiger partial charge in [0.1, 0.15) is 35.6 Å². The monoisotopic (exact) mass is 1010 g/mol. The first-order valence-electron chi connectivity index (χ1n) is 23.8. The van der Waals surface area contributed by atoms with Crippen molar-refractivity contribution in [3.8, 4) is 15.4 Å². The van der Waals surface area contributed by atoms with Crippen molar-refractivity contribution in [1.29, 1.82) is 0 Å². The highest BCUT2D eigenvalue weighted by molar-refractivity contribution is 7.15. The number of β-amino-alcohol motifs (C(OH)–C–C–N with tert-alkyl or cyclic N) is 1. The van der Waals surface area contributed by atoms with Gasteiger partial charge in [-0.1, -0.05) is 82.1 Å². The summed E-state index contributed by atoms with van der Waals surface area (Å²) in [5.74, 6) is -0.173. The molecule has 0 bridgehead atoms. The number of carbonyl (C=O) groups is 4. The number of aromatic nitrogens is 4. The molecule has 70 heavy (non-hydrogen) atoms. The number of aliphatic hydroxyl groups excluding tert-OH is 1. The normalized spacial score (nSPS) is 17.5. The van der Waals surface area contributed by atoms with Crippen LogP contribution in [0.15, 0.2) is 59.0 Å². The Morgan fingerprint density at radius 1 is 0.929 bits per heavy atom. The lowest BCUT2D eigenvalue weighted by atomic mass is 9.85. The van der Waals surface area contributed by atoms with E-state index in [-0.39, 0.29) is 63.6 Å². The molecule has 3 aromatic heterocycles. The van der Waals surface area contributed by atoms with Crippen LogP contribution in [0.25, 0.3) is 15.4 Å². The molecule has 5 aromatic rings. The van der Waals surface area contributed by atoms with E-state index in [2.05, 4.69) is 45.0 Å². The van der Waals surface area contributed by atoms with Gasteiger partial charge in [0.15, 0.2) is 5.82 Å². The minimum Gasteiger partial charge on any atom is -0.391 e. The first-order valence-corrected chi connectivity index (χ1v) is 25.9. The third kappa shape index (κ3) is 12.4. The molecule has 7 rings (SSSR count). The van der Waals surface area contributed by atoms with Gasteiger partial charge in [0.05, 0.1) is 47.0 Å². The fraction of sp³-hybridized carbons (Fsp3) is 0.490. The average Bonchev–Trinajstić information content (AvgIpc) is 4.09. The largest absolute Gasteiger partial charge is 0.391 e. The number of nitrogens with one attached hydrogen (secondary N) is 3. The second-order valence-electron chi connectivity index (χ2n) is 19.0. The molecule has 0 aliphatic carbocycles. The van der Waals surface area contributed by atoms with Crippen LogP contribution in [0.1, 0.15) is 116 Å². The first kappa shape index (κ1) is 52.5. The number of halogens is 1. The molecule has 2 aliphatic heterocycles. The molecule has 0 saturated carbocycles. The van der Waals surface area contributed by atoms with Crippen LogP contribution in [-0.2, 0) is 28.7 Å². The molecule has 1 unspecified atom stereocenters. The number of thiophene rings is 1. The Bertz CT molecular complexity index is 2670. The smallest absolute Gasteiger partial charge is 0.246 e. The lowest BCUT2D eigenvalue weighted by Crippen LogP contribution is -2.58. The van der Waals surface area contributed by atoms with Gasteiger partial charge in [-0.25, -0.2) is 4.98 Å². The lowest BCUT2D eigenvalue weighted by molar-refractivity contribution is -0.144. The fourth-order valence-electron chi connectivity index (χ4n) is 8.82. The Morgan fingerprint density at radius 2 is 1.64 bits per heavy atom. The maximum atomic E-state index is 14.2. The molecule has 4 amide bonds. The van der Waals surface area contributed by atoms with Gasteiger partial charge in [-0.15, -0.1) is 32.9 Å². The molecule has 374 valence electrons. The number of rotatable bonds is 20. The van der Waals surface area contributed by atoms with E-state index in [1.807, 2.05) is 100 Å². The molecule has 4 N–H and O–H groups in total. The van der Waals surface area contributed by atoms with Crippen LogP contribution in [0.4, 0.5) is 0 Å². The van der Waals surface area contributed by atoms with E-state index in [0.717, 1.165) is 60.4 Å². The van der Waals surface area contributed by atoms with Gasteiger partial charge in [-0.05, 0) is 74.8 Å². The summed E-state index contributed by atoms with van der Waals surface area (Å²) in [4.78, 5) is 67.8. The van der Waals surface area contributed by atoms with Gasteiger partial charge in [-0.2, -0.15) is 0 Å². The van der Waals surface area contributed by atoms with E-state index in [1.165, 1.54) is 4.90 Å². The van der Waals surface area contributed by atoms with Gasteiger partial charge in [-0.3, -0.25) is 28.7 Å². The Kier molecular flexibility index (Phi) is 17.4. The quantitative estimate of drug-likeness (QED) is 0.0573. The number of aryl methyl sites for hydroxylation is 3. The molecule has 5 atom stereocenters. The highest BCUT2D eigenvalue weighted by Gasteiger charge is 2.45. The van der Waals surface area contributed by atoms with Gasteiger partial charge in [0.25, 0.3) is 0 Å². The zero-order chi connectivity index (χ0) is 50.3. The van der Waals surface area contributed by atoms with Crippen molar-refractivity contribution in [2.24, 2.45) is 10.4 Å². The molecular formula is C51H64ClN9O7S2. The summed E-state index contributed by atoms with van der Waals surface area (Å²) in [5, 5.41) is 30.1. The number of likely N-dealkylation sites (tertiary alicyclic amines) is 1. The summed E-state index contributed by atoms with van der Waals surface area (Å²) in [6.07, 6.45) is 1.25. The van der Waals surface area contributed by atoms with Gasteiger partial charge in [0.2, 0.25) is 23.6 Å². The zero-order valence-electron chi connectivity index (χ0n) is 41.1. The summed E-state index contributed by atoms with van der Waals surface area (Å²) in [5.41, 5.74) is 7.84. The number of aliphatic imine (C=N–C) groups is 1. The molecule has 19 heteroatoms. The summed E-state index contributed by atoms with van der Waals surface area (Å²) in [6, 6.07) is 12.8. The van der Waals surface area contributed by atoms with Crippen LogP contribution in [0.2, 0.25) is 5.02 Å². The second kappa shape index (κ2) is 23.2. The van der Waals surface area contributed by atoms with Crippen LogP contribution in [-0.4, -0.2) is 117 Å². The number of thiazole rings is 1. The minimum atomic E-state index is -0.985. The van der Waals surface area contributed by atoms with Crippen LogP contribution in [0.3, 0.4) is 0 Å². The van der Waals surface area contributed by atoms with Crippen LogP contribution in [0, 0.1) is 33.1 Å². The van der Waals surface area contributed by atoms with E-state index in [9.17, 15) is 24.3 Å². The van der Waals surface area contributed by atoms with Gasteiger partial charge < -0.3 is 35.4 Å². The highest BCUT2D eigenvalue weighted by Crippen LogP contribution is 2.40. The van der Waals surface area contributed by atoms with Crippen molar-refractivity contribution in [1.82, 2.24) is 40.6 Å². The molecule has 1 saturated heterocycles. The average molecular weight is 1010 g/mol. The molecule has 2 aliphatic rings. The lowest BCUT2D eigenvalue weighted by Gasteiger charge is -2.35. The summed E-state index contributed by atoms with van der Waals surface area (Å²) < 4.78 is 13.4. The molecule has 0 radical (unpaired) electrons. The van der Waals surface area contributed by atoms with E-state index in [1.54, 1.807) is 22.7 Å². The summed E-state index contributed by atoms with van der Waals surface area (Å²) >= 11 is 9.47. The third-order valence-electron chi connectivity index (χ3n) is 12.6. The Morgan fingerprint density at radius 3 is 2.33 bits per heavy atom. The van der Waals surface area contributed by atoms with Crippen molar-refractivity contribution in [3.63, 3.8) is 0 Å². The summed E-state index contributed by atoms with van der Waals surface area (Å²) in [6.45, 7) is 16.4. The van der Waals surface area contributed by atoms with Crippen LogP contribution in [0.5, 0.6) is 0 Å². The van der Waals surface area contributed by atoms with Crippen molar-refractivity contribution in [3.05, 3.63) is 104 Å². The van der Waals surface area contributed by atoms with E-state index in [0.29, 0.717) is 36.1 Å². The highest BCUT2D eigenvalue weighted by atomic mass is 35.5. The second-order valence-corrected chi connectivity index (χ2v) is 21.5. The van der Waals surface area contributed by atoms with Crippen molar-refractivity contribution < 1.29 is 33.8 Å². The summed E-state index contributed by atoms with van der Waals surface area (Å²) in [7, 11) is 0. The predicted molar refractivity (Wildman–Crippen MR) is 273 cm³/mol. The molecule has 0 spiro atoms. The number of amides is 4. The van der Waals surface area contributed by atoms with Crippen LogP contribution >= 0.6 is 34.3 Å². The number of ether oxygens (including phenoxy) is 2. The Labute approximate surface area is 422 Å². The van der Waals surface area contributed by atoms with Gasteiger partial charge >= 0.3 is 0 Å². The van der Waals surface area contributed by atoms with E-state index in [4.69, 9.17) is 26.1 Å². The Hall–Kier alpha value is -5.37. The molecular weight excluding hydrogens is 950 g/mol. The van der Waals surface area contributed by atoms with E-state index >= 15 is 0 Å². The third-order valence-corrected chi connectivity index (χ3v) is 15.0. The number of hydrogen-bond acceptors (Lipinski definition) is 13. The number of benzene rings is 2. The first-order chi connectivity index (χ1) is 33.4. The SMILES string of the molecule is CCC[C@H](NC(=O)[C@@H]1C[C@@H](O)CN1C(=O)[C@@H](NC(=O)COCCCOCCNC(=O)CC1N=C(c2ccc(Cl)cc2)c2c(sc(C)c2C)-n2c(C)nnc21)C(C)(C)C)c1ccc(-c2scnc2C)cc1. The molecule has 1 fully saturated rings. The number of hydrogen-bond donors (Lipinski definition) is 4. The number of aliphatic hydroxyl groups is 1. The number of carbonyl (C=O) groups excluding carboxylic acids is 4. The van der Waals surface area contributed by atoms with Crippen LogP contribution < -0.4 is 16.0 Å². The topological polar surface area (TPSA) is 202 Å². The van der Waals surface area contributed by atoms with Crippen molar-refractivity contribution in [2.45, 2.75) is 118 Å². The van der Waals surface area contributed by atoms with Gasteiger partial charge in [0, 0.05) is 53.8 Å². The van der Waals surface area contributed by atoms with Crippen molar-refractivity contribution in [2.75, 3.05) is 39.5 Å². The molecule has 2 aromatic carbocycles. The minimum absolute atomic E-state index is 0.0262.